The average Bonchev–Trinajstić information content (AvgIpc) is 3.07. The second kappa shape index (κ2) is 8.79. The third-order valence-corrected chi connectivity index (χ3v) is 5.14. The first-order valence-electron chi connectivity index (χ1n) is 8.21. The molecule has 0 unspecified atom stereocenters. The molecule has 1 amide bonds. The Kier molecular flexibility index (Phi) is 6.21. The number of fused-ring (bicyclic) bond motifs is 1. The first-order chi connectivity index (χ1) is 13.0. The Morgan fingerprint density at radius 1 is 1.19 bits per heavy atom. The molecule has 0 bridgehead atoms. The first-order valence-corrected chi connectivity index (χ1v) is 9.40. The fourth-order valence-corrected chi connectivity index (χ4v) is 3.56. The Labute approximate surface area is 165 Å². The van der Waals surface area contributed by atoms with E-state index in [-0.39, 0.29) is 12.5 Å². The van der Waals surface area contributed by atoms with E-state index in [1.165, 1.54) is 22.3 Å². The van der Waals surface area contributed by atoms with Gasteiger partial charge >= 0.3 is 5.97 Å². The van der Waals surface area contributed by atoms with Gasteiger partial charge in [0.05, 0.1) is 16.8 Å². The number of hydrogen-bond donors (Lipinski definition) is 0. The Morgan fingerprint density at radius 3 is 2.70 bits per heavy atom. The van der Waals surface area contributed by atoms with Crippen LogP contribution >= 0.6 is 22.9 Å². The van der Waals surface area contributed by atoms with Gasteiger partial charge in [0.2, 0.25) is 0 Å². The number of halogens is 1. The number of carbonyl (C=O) groups is 2. The van der Waals surface area contributed by atoms with Crippen LogP contribution in [0.2, 0.25) is 5.02 Å². The first kappa shape index (κ1) is 19.1. The molecule has 138 valence electrons. The summed E-state index contributed by atoms with van der Waals surface area (Å²) in [6, 6.07) is 14.9. The smallest absolute Gasteiger partial charge is 0.331 e. The number of carbonyl (C=O) groups excluding carboxylic acids is 2. The summed E-state index contributed by atoms with van der Waals surface area (Å²) in [6.07, 6.45) is 2.81. The van der Waals surface area contributed by atoms with Crippen LogP contribution in [0.15, 0.2) is 54.6 Å². The number of para-hydroxylation sites is 1. The number of thiazole rings is 1. The number of amides is 1. The summed E-state index contributed by atoms with van der Waals surface area (Å²) in [7, 11) is 1.65. The maximum Gasteiger partial charge on any atom is 0.331 e. The third kappa shape index (κ3) is 5.15. The summed E-state index contributed by atoms with van der Waals surface area (Å²) in [5.74, 6) is -0.898. The van der Waals surface area contributed by atoms with Crippen LogP contribution in [0.3, 0.4) is 0 Å². The Bertz CT molecular complexity index is 967. The largest absolute Gasteiger partial charge is 0.452 e. The number of rotatable bonds is 6. The van der Waals surface area contributed by atoms with Crippen molar-refractivity contribution in [3.05, 3.63) is 70.2 Å². The zero-order chi connectivity index (χ0) is 19.2. The van der Waals surface area contributed by atoms with Crippen molar-refractivity contribution in [3.63, 3.8) is 0 Å². The molecule has 1 heterocycles. The van der Waals surface area contributed by atoms with E-state index in [1.807, 2.05) is 30.3 Å². The molecule has 2 aromatic carbocycles. The summed E-state index contributed by atoms with van der Waals surface area (Å²) in [6.45, 7) is 0.0400. The van der Waals surface area contributed by atoms with Gasteiger partial charge in [0.15, 0.2) is 6.61 Å². The Hall–Kier alpha value is -2.70. The summed E-state index contributed by atoms with van der Waals surface area (Å²) < 4.78 is 6.08. The lowest BCUT2D eigenvalue weighted by atomic mass is 10.2. The van der Waals surface area contributed by atoms with Crippen molar-refractivity contribution < 1.29 is 14.3 Å². The van der Waals surface area contributed by atoms with E-state index in [0.29, 0.717) is 17.1 Å². The van der Waals surface area contributed by atoms with Crippen LogP contribution in [0, 0.1) is 0 Å². The van der Waals surface area contributed by atoms with Gasteiger partial charge in [-0.1, -0.05) is 41.9 Å². The highest BCUT2D eigenvalue weighted by molar-refractivity contribution is 7.18. The molecule has 0 saturated carbocycles. The van der Waals surface area contributed by atoms with E-state index >= 15 is 0 Å². The number of aromatic nitrogens is 1. The number of hydrogen-bond acceptors (Lipinski definition) is 5. The molecule has 0 saturated heterocycles. The molecule has 0 aliphatic rings. The predicted octanol–water partition coefficient (Wildman–Crippen LogP) is 4.16. The van der Waals surface area contributed by atoms with Crippen molar-refractivity contribution in [1.82, 2.24) is 9.88 Å². The lowest BCUT2D eigenvalue weighted by Gasteiger charge is -2.15. The maximum absolute atomic E-state index is 12.2. The van der Waals surface area contributed by atoms with Crippen molar-refractivity contribution in [2.24, 2.45) is 0 Å². The van der Waals surface area contributed by atoms with E-state index in [9.17, 15) is 9.59 Å². The SMILES string of the molecule is CN(Cc1nc2ccccc2s1)C(=O)COC(=O)/C=C/c1ccccc1Cl. The average molecular weight is 401 g/mol. The van der Waals surface area contributed by atoms with E-state index in [1.54, 1.807) is 31.3 Å². The topological polar surface area (TPSA) is 59.5 Å². The highest BCUT2D eigenvalue weighted by Gasteiger charge is 2.13. The molecule has 0 fully saturated rings. The quantitative estimate of drug-likeness (QED) is 0.460. The molecule has 0 N–H and O–H groups in total. The van der Waals surface area contributed by atoms with Crippen molar-refractivity contribution >= 4 is 51.1 Å². The molecule has 0 radical (unpaired) electrons. The minimum absolute atomic E-state index is 0.297. The monoisotopic (exact) mass is 400 g/mol. The zero-order valence-corrected chi connectivity index (χ0v) is 16.2. The minimum Gasteiger partial charge on any atom is -0.452 e. The molecule has 0 aliphatic heterocycles. The van der Waals surface area contributed by atoms with Gasteiger partial charge in [-0.25, -0.2) is 9.78 Å². The molecular formula is C20H17ClN2O3S. The van der Waals surface area contributed by atoms with Gasteiger partial charge in [0.25, 0.3) is 5.91 Å². The third-order valence-electron chi connectivity index (χ3n) is 3.78. The highest BCUT2D eigenvalue weighted by Crippen LogP contribution is 2.22. The normalized spacial score (nSPS) is 11.0. The van der Waals surface area contributed by atoms with Crippen LogP contribution in [-0.4, -0.2) is 35.4 Å². The number of likely N-dealkylation sites (N-methyl/N-ethyl adjacent to an activating group) is 1. The van der Waals surface area contributed by atoms with Gasteiger partial charge in [-0.2, -0.15) is 0 Å². The van der Waals surface area contributed by atoms with Crippen LogP contribution in [-0.2, 0) is 20.9 Å². The van der Waals surface area contributed by atoms with Crippen LogP contribution in [0.4, 0.5) is 0 Å². The summed E-state index contributed by atoms with van der Waals surface area (Å²) in [5, 5.41) is 1.37. The van der Waals surface area contributed by atoms with Crippen LogP contribution in [0.5, 0.6) is 0 Å². The van der Waals surface area contributed by atoms with E-state index < -0.39 is 5.97 Å². The number of esters is 1. The fourth-order valence-electron chi connectivity index (χ4n) is 2.34. The standard InChI is InChI=1S/C20H17ClN2O3S/c1-23(12-18-22-16-8-4-5-9-17(16)27-18)19(24)13-26-20(25)11-10-14-6-2-3-7-15(14)21/h2-11H,12-13H2,1H3/b11-10+. The van der Waals surface area contributed by atoms with Crippen molar-refractivity contribution in [3.8, 4) is 0 Å². The van der Waals surface area contributed by atoms with Crippen molar-refractivity contribution in [2.45, 2.75) is 6.54 Å². The molecular weight excluding hydrogens is 384 g/mol. The molecule has 0 atom stereocenters. The van der Waals surface area contributed by atoms with Gasteiger partial charge < -0.3 is 9.64 Å². The van der Waals surface area contributed by atoms with Gasteiger partial charge in [0, 0.05) is 18.1 Å². The van der Waals surface area contributed by atoms with Crippen molar-refractivity contribution in [1.29, 1.82) is 0 Å². The molecule has 1 aromatic heterocycles. The molecule has 0 spiro atoms. The van der Waals surface area contributed by atoms with Gasteiger partial charge in [-0.3, -0.25) is 4.79 Å². The lowest BCUT2D eigenvalue weighted by Crippen LogP contribution is -2.30. The van der Waals surface area contributed by atoms with Gasteiger partial charge in [-0.15, -0.1) is 11.3 Å². The van der Waals surface area contributed by atoms with E-state index in [4.69, 9.17) is 16.3 Å². The van der Waals surface area contributed by atoms with E-state index in [0.717, 1.165) is 15.2 Å². The van der Waals surface area contributed by atoms with Gasteiger partial charge in [-0.05, 0) is 29.8 Å². The van der Waals surface area contributed by atoms with Crippen LogP contribution < -0.4 is 0 Å². The second-order valence-electron chi connectivity index (χ2n) is 5.79. The summed E-state index contributed by atoms with van der Waals surface area (Å²) >= 11 is 7.55. The van der Waals surface area contributed by atoms with Crippen LogP contribution in [0.25, 0.3) is 16.3 Å². The maximum atomic E-state index is 12.2. The molecule has 27 heavy (non-hydrogen) atoms. The molecule has 5 nitrogen and oxygen atoms in total. The van der Waals surface area contributed by atoms with E-state index in [2.05, 4.69) is 4.98 Å². The summed E-state index contributed by atoms with van der Waals surface area (Å²) in [5.41, 5.74) is 1.62. The highest BCUT2D eigenvalue weighted by atomic mass is 35.5. The molecule has 7 heteroatoms. The summed E-state index contributed by atoms with van der Waals surface area (Å²) in [4.78, 5) is 30.0. The second-order valence-corrected chi connectivity index (χ2v) is 7.31. The minimum atomic E-state index is -0.600. The Morgan fingerprint density at radius 2 is 1.93 bits per heavy atom. The number of ether oxygens (including phenoxy) is 1. The molecule has 3 rings (SSSR count). The van der Waals surface area contributed by atoms with Crippen LogP contribution in [0.1, 0.15) is 10.6 Å². The molecule has 3 aromatic rings. The van der Waals surface area contributed by atoms with Gasteiger partial charge in [0.1, 0.15) is 5.01 Å². The fraction of sp³-hybridized carbons (Fsp3) is 0.150. The Balaban J connectivity index is 1.50. The number of benzene rings is 2. The molecule has 0 aliphatic carbocycles. The lowest BCUT2D eigenvalue weighted by molar-refractivity contribution is -0.147. The van der Waals surface area contributed by atoms with Crippen molar-refractivity contribution in [2.75, 3.05) is 13.7 Å². The number of nitrogens with zero attached hydrogens (tertiary/aromatic N) is 2. The zero-order valence-electron chi connectivity index (χ0n) is 14.6. The predicted molar refractivity (Wildman–Crippen MR) is 108 cm³/mol.